The van der Waals surface area contributed by atoms with Crippen LogP contribution in [-0.2, 0) is 10.0 Å². The van der Waals surface area contributed by atoms with Gasteiger partial charge in [-0.05, 0) is 73.7 Å². The number of benzene rings is 2. The van der Waals surface area contributed by atoms with Crippen molar-refractivity contribution in [3.05, 3.63) is 68.7 Å². The summed E-state index contributed by atoms with van der Waals surface area (Å²) in [6, 6.07) is 5.23. The second-order valence-electron chi connectivity index (χ2n) is 7.43. The molecule has 30 heavy (non-hydrogen) atoms. The summed E-state index contributed by atoms with van der Waals surface area (Å²) in [5.41, 5.74) is 3.17. The highest BCUT2D eigenvalue weighted by Gasteiger charge is 2.33. The number of hydrogen-bond acceptors (Lipinski definition) is 5. The van der Waals surface area contributed by atoms with Gasteiger partial charge in [0.25, 0.3) is 0 Å². The quantitative estimate of drug-likeness (QED) is 0.588. The van der Waals surface area contributed by atoms with Crippen molar-refractivity contribution in [3.63, 3.8) is 0 Å². The maximum absolute atomic E-state index is 14.7. The zero-order valence-corrected chi connectivity index (χ0v) is 18.9. The normalized spacial score (nSPS) is 14.0. The summed E-state index contributed by atoms with van der Waals surface area (Å²) in [5, 5.41) is 14.3. The molecule has 2 aromatic carbocycles. The predicted octanol–water partition coefficient (Wildman–Crippen LogP) is 4.05. The number of tetrazole rings is 1. The SMILES string of the molecule is Cc1cc(S(=O)(=O)NC(c2nn[nH]n2)C(C)c2c(F)ccc(C)c2C)c(C)cc1Cl. The van der Waals surface area contributed by atoms with E-state index in [1.807, 2.05) is 6.92 Å². The van der Waals surface area contributed by atoms with Crippen LogP contribution in [-0.4, -0.2) is 29.0 Å². The average Bonchev–Trinajstić information content (AvgIpc) is 3.20. The number of nitrogens with zero attached hydrogens (tertiary/aromatic N) is 3. The first-order chi connectivity index (χ1) is 14.0. The molecule has 0 radical (unpaired) electrons. The van der Waals surface area contributed by atoms with E-state index in [1.165, 1.54) is 12.1 Å². The molecule has 3 aromatic rings. The Morgan fingerprint density at radius 3 is 2.43 bits per heavy atom. The van der Waals surface area contributed by atoms with Crippen LogP contribution in [0.25, 0.3) is 0 Å². The van der Waals surface area contributed by atoms with Crippen LogP contribution in [0.5, 0.6) is 0 Å². The molecule has 0 spiro atoms. The summed E-state index contributed by atoms with van der Waals surface area (Å²) >= 11 is 6.11. The standard InChI is InChI=1S/C20H23ClFN5O2S/c1-10-6-7-16(22)18(13(10)4)14(5)19(20-23-26-27-24-20)25-30(28,29)17-9-11(2)15(21)8-12(17)3/h6-9,14,19,25H,1-5H3,(H,23,24,26,27). The van der Waals surface area contributed by atoms with Gasteiger partial charge in [-0.1, -0.05) is 29.8 Å². The van der Waals surface area contributed by atoms with Crippen LogP contribution >= 0.6 is 11.6 Å². The molecule has 1 aromatic heterocycles. The summed E-state index contributed by atoms with van der Waals surface area (Å²) in [4.78, 5) is 0.0894. The Labute approximate surface area is 180 Å². The number of aromatic amines is 1. The number of H-pyrrole nitrogens is 1. The van der Waals surface area contributed by atoms with Crippen LogP contribution in [0, 0.1) is 33.5 Å². The minimum atomic E-state index is -4.00. The number of aromatic nitrogens is 4. The van der Waals surface area contributed by atoms with Gasteiger partial charge in [-0.2, -0.15) is 9.94 Å². The Morgan fingerprint density at radius 2 is 1.80 bits per heavy atom. The van der Waals surface area contributed by atoms with Crippen molar-refractivity contribution in [1.29, 1.82) is 0 Å². The minimum Gasteiger partial charge on any atom is -0.207 e. The van der Waals surface area contributed by atoms with Gasteiger partial charge in [-0.25, -0.2) is 12.8 Å². The lowest BCUT2D eigenvalue weighted by Gasteiger charge is -2.25. The van der Waals surface area contributed by atoms with Gasteiger partial charge in [-0.15, -0.1) is 10.2 Å². The number of halogens is 2. The zero-order valence-electron chi connectivity index (χ0n) is 17.3. The average molecular weight is 452 g/mol. The van der Waals surface area contributed by atoms with Gasteiger partial charge in [0.15, 0.2) is 5.82 Å². The number of rotatable bonds is 6. The largest absolute Gasteiger partial charge is 0.241 e. The van der Waals surface area contributed by atoms with Crippen LogP contribution in [0.2, 0.25) is 5.02 Å². The third-order valence-corrected chi connectivity index (χ3v) is 7.35. The maximum Gasteiger partial charge on any atom is 0.241 e. The molecule has 10 heteroatoms. The van der Waals surface area contributed by atoms with Crippen LogP contribution < -0.4 is 4.72 Å². The molecule has 0 fully saturated rings. The van der Waals surface area contributed by atoms with Gasteiger partial charge in [0.2, 0.25) is 10.0 Å². The summed E-state index contributed by atoms with van der Waals surface area (Å²) in [7, 11) is -4.00. The first-order valence-electron chi connectivity index (χ1n) is 9.31. The summed E-state index contributed by atoms with van der Waals surface area (Å²) in [6.45, 7) is 8.80. The third kappa shape index (κ3) is 4.23. The minimum absolute atomic E-state index is 0.0894. The molecule has 0 amide bonds. The second-order valence-corrected chi connectivity index (χ2v) is 9.52. The van der Waals surface area contributed by atoms with Gasteiger partial charge in [-0.3, -0.25) is 0 Å². The molecule has 2 N–H and O–H groups in total. The van der Waals surface area contributed by atoms with Gasteiger partial charge in [0.05, 0.1) is 10.9 Å². The number of aryl methyl sites for hydroxylation is 3. The maximum atomic E-state index is 14.7. The second kappa shape index (κ2) is 8.41. The molecule has 1 heterocycles. The Kier molecular flexibility index (Phi) is 6.26. The monoisotopic (exact) mass is 451 g/mol. The number of hydrogen-bond donors (Lipinski definition) is 2. The summed E-state index contributed by atoms with van der Waals surface area (Å²) in [5.74, 6) is -0.905. The van der Waals surface area contributed by atoms with Crippen LogP contribution in [0.4, 0.5) is 4.39 Å². The smallest absolute Gasteiger partial charge is 0.207 e. The van der Waals surface area contributed by atoms with Crippen LogP contribution in [0.3, 0.4) is 0 Å². The van der Waals surface area contributed by atoms with Crippen molar-refractivity contribution in [2.24, 2.45) is 0 Å². The molecule has 2 atom stereocenters. The van der Waals surface area contributed by atoms with E-state index in [2.05, 4.69) is 25.3 Å². The fourth-order valence-electron chi connectivity index (χ4n) is 3.48. The lowest BCUT2D eigenvalue weighted by Crippen LogP contribution is -2.33. The molecule has 0 saturated heterocycles. The van der Waals surface area contributed by atoms with Crippen LogP contribution in [0.1, 0.15) is 52.5 Å². The van der Waals surface area contributed by atoms with E-state index in [0.717, 1.165) is 11.1 Å². The number of nitrogens with one attached hydrogen (secondary N) is 2. The summed E-state index contributed by atoms with van der Waals surface area (Å²) in [6.07, 6.45) is 0. The Hall–Kier alpha value is -2.36. The van der Waals surface area contributed by atoms with E-state index < -0.39 is 27.8 Å². The number of sulfonamides is 1. The van der Waals surface area contributed by atoms with Crippen molar-refractivity contribution >= 4 is 21.6 Å². The molecule has 7 nitrogen and oxygen atoms in total. The first kappa shape index (κ1) is 22.3. The van der Waals surface area contributed by atoms with Crippen molar-refractivity contribution in [2.45, 2.75) is 51.5 Å². The molecular weight excluding hydrogens is 429 g/mol. The Balaban J connectivity index is 2.09. The van der Waals surface area contributed by atoms with E-state index >= 15 is 0 Å². The van der Waals surface area contributed by atoms with Gasteiger partial charge < -0.3 is 0 Å². The molecule has 2 unspecified atom stereocenters. The molecule has 3 rings (SSSR count). The predicted molar refractivity (Wildman–Crippen MR) is 112 cm³/mol. The van der Waals surface area contributed by atoms with Gasteiger partial charge in [0.1, 0.15) is 5.82 Å². The van der Waals surface area contributed by atoms with Gasteiger partial charge >= 0.3 is 0 Å². The van der Waals surface area contributed by atoms with Crippen molar-refractivity contribution < 1.29 is 12.8 Å². The third-order valence-electron chi connectivity index (χ3n) is 5.36. The van der Waals surface area contributed by atoms with Gasteiger partial charge in [0, 0.05) is 10.9 Å². The van der Waals surface area contributed by atoms with Crippen LogP contribution in [0.15, 0.2) is 29.2 Å². The van der Waals surface area contributed by atoms with Crippen molar-refractivity contribution in [1.82, 2.24) is 25.3 Å². The van der Waals surface area contributed by atoms with E-state index in [9.17, 15) is 12.8 Å². The van der Waals surface area contributed by atoms with E-state index in [1.54, 1.807) is 39.8 Å². The lowest BCUT2D eigenvalue weighted by molar-refractivity contribution is 0.478. The highest BCUT2D eigenvalue weighted by Crippen LogP contribution is 2.35. The Bertz CT molecular complexity index is 1180. The molecule has 0 aliphatic rings. The molecule has 0 saturated carbocycles. The molecule has 0 bridgehead atoms. The van der Waals surface area contributed by atoms with Crippen molar-refractivity contribution in [2.75, 3.05) is 0 Å². The highest BCUT2D eigenvalue weighted by molar-refractivity contribution is 7.89. The topological polar surface area (TPSA) is 101 Å². The molecule has 160 valence electrons. The molecule has 0 aliphatic carbocycles. The highest BCUT2D eigenvalue weighted by atomic mass is 35.5. The van der Waals surface area contributed by atoms with Crippen molar-refractivity contribution in [3.8, 4) is 0 Å². The lowest BCUT2D eigenvalue weighted by atomic mass is 9.88. The first-order valence-corrected chi connectivity index (χ1v) is 11.2. The molecular formula is C20H23ClFN5O2S. The Morgan fingerprint density at radius 1 is 1.10 bits per heavy atom. The van der Waals surface area contributed by atoms with E-state index in [4.69, 9.17) is 11.6 Å². The summed E-state index contributed by atoms with van der Waals surface area (Å²) < 4.78 is 43.9. The fraction of sp³-hybridized carbons (Fsp3) is 0.350. The van der Waals surface area contributed by atoms with E-state index in [-0.39, 0.29) is 10.7 Å². The molecule has 0 aliphatic heterocycles. The fourth-order valence-corrected chi connectivity index (χ4v) is 5.29. The van der Waals surface area contributed by atoms with E-state index in [0.29, 0.717) is 21.7 Å². The zero-order chi connectivity index (χ0) is 22.2.